The van der Waals surface area contributed by atoms with Gasteiger partial charge in [-0.25, -0.2) is 4.39 Å². The molecule has 0 saturated heterocycles. The lowest BCUT2D eigenvalue weighted by Crippen LogP contribution is -3.00. The van der Waals surface area contributed by atoms with Crippen LogP contribution in [0.1, 0.15) is 59.8 Å². The fraction of sp³-hybridized carbons (Fsp3) is 0.333. The number of rotatable bonds is 49. The Morgan fingerprint density at radius 2 is 0.600 bits per heavy atom. The van der Waals surface area contributed by atoms with Crippen molar-refractivity contribution < 1.29 is 13.9 Å². The number of hydrogen-bond acceptors (Lipinski definition) is 3. The second-order valence-corrected chi connectivity index (χ2v) is 35.0. The van der Waals surface area contributed by atoms with Crippen molar-refractivity contribution in [1.29, 1.82) is 0 Å². The molecule has 450 valence electrons. The second kappa shape index (κ2) is 53.8. The first-order valence-electron chi connectivity index (χ1n) is 42.3. The molecule has 0 saturated carbocycles. The Balaban J connectivity index is 0.000000642. The van der Waals surface area contributed by atoms with E-state index in [1.165, 1.54) is 27.8 Å². The number of unbranched alkanes of at least 4 members (excludes halogenated alkanes) is 1. The van der Waals surface area contributed by atoms with Gasteiger partial charge in [-0.3, -0.25) is 4.90 Å². The van der Waals surface area contributed by atoms with Crippen LogP contribution in [-0.2, 0) is 12.8 Å². The number of fused-ring (bicyclic) bond motifs is 6. The van der Waals surface area contributed by atoms with Crippen molar-refractivity contribution in [1.82, 2.24) is 9.88 Å². The van der Waals surface area contributed by atoms with Crippen LogP contribution >= 0.6 is 0 Å². The molecule has 0 fully saturated rings. The van der Waals surface area contributed by atoms with E-state index in [-0.39, 0.29) is 17.9 Å². The van der Waals surface area contributed by atoms with Crippen molar-refractivity contribution in [3.8, 4) is 11.5 Å². The van der Waals surface area contributed by atoms with E-state index in [0.29, 0.717) is 6.61 Å². The summed E-state index contributed by atoms with van der Waals surface area (Å²) in [5.74, 6) is 1.43. The van der Waals surface area contributed by atoms with Gasteiger partial charge in [-0.15, -0.1) is 0 Å². The lowest BCUT2D eigenvalue weighted by Gasteiger charge is -2.62. The van der Waals surface area contributed by atoms with Crippen LogP contribution in [0.5, 0.6) is 11.5 Å². The lowest BCUT2D eigenvalue weighted by molar-refractivity contribution is 0.127. The summed E-state index contributed by atoms with van der Waals surface area (Å²) in [6, 6.07) is 20.2. The summed E-state index contributed by atoms with van der Waals surface area (Å²) in [5, 5.41) is 1.27. The van der Waals surface area contributed by atoms with Gasteiger partial charge in [0.2, 0.25) is 0 Å². The first-order chi connectivity index (χ1) is 58.1. The molecule has 2 aliphatic rings. The largest absolute Gasteiger partial charge is 0.493 e. The molecule has 4 nitrogen and oxygen atoms in total. The topological polar surface area (TPSA) is 37.5 Å². The van der Waals surface area contributed by atoms with Crippen LogP contribution < -0.4 is 9.47 Å². The molecule has 2 aliphatic heterocycles. The number of halogens is 1. The van der Waals surface area contributed by atoms with Crippen molar-refractivity contribution >= 4 is 648 Å². The number of aromatic nitrogens is 1. The Bertz CT molecular complexity index is 3380. The maximum atomic E-state index is 13.8. The Morgan fingerprint density at radius 3 is 0.872 bits per heavy atom. The zero-order chi connectivity index (χ0) is 95.3. The van der Waals surface area contributed by atoms with E-state index in [4.69, 9.17) is 365 Å². The highest BCUT2D eigenvalue weighted by molar-refractivity contribution is 8.43. The summed E-state index contributed by atoms with van der Waals surface area (Å²) in [7, 11) is 323. The van der Waals surface area contributed by atoms with E-state index < -0.39 is 281 Å². The van der Waals surface area contributed by atoms with Crippen LogP contribution in [0.4, 0.5) is 4.39 Å². The van der Waals surface area contributed by atoms with Crippen molar-refractivity contribution in [3.63, 3.8) is 0 Å². The minimum Gasteiger partial charge on any atom is -0.493 e. The fourth-order valence-electron chi connectivity index (χ4n) is 22.1. The van der Waals surface area contributed by atoms with Gasteiger partial charge in [-0.05, 0) is 71.8 Å². The van der Waals surface area contributed by atoms with E-state index in [9.17, 15) is 4.39 Å². The van der Waals surface area contributed by atoms with Crippen LogP contribution in [0.2, 0.25) is 0 Å². The molecule has 6 rings (SSSR count). The summed E-state index contributed by atoms with van der Waals surface area (Å²) in [5.41, 5.74) is 7.48. The van der Waals surface area contributed by atoms with Gasteiger partial charge in [-0.1, -0.05) is 43.7 Å². The number of hydrogen-bond donors (Lipinski definition) is 1. The molecule has 2 unspecified atom stereocenters. The first kappa shape index (κ1) is 118. The average molecular weight is 1440 g/mol. The maximum Gasteiger partial charge on any atom is 0.161 e. The molecule has 4 aromatic rings. The second-order valence-electron chi connectivity index (χ2n) is 35.0. The molecule has 125 heavy (non-hydrogen) atoms. The Morgan fingerprint density at radius 1 is 0.336 bits per heavy atom. The zero-order valence-corrected chi connectivity index (χ0v) is 72.3. The SMILES string of the molecule is CCCCOc1cc2c(cc1OC)C1Cc3c([nH]c4ccccc34)C(c3ccc(F)cc3)N1CC2.[B]B([B])B(B([B])[B])B(B([B])[B])B(B(B(B([B])[B])B([B])[B])B(B([B])[B])B([B])[B])B(B(B(B(B([B])[B])B([B])[B])B(B([B])[B])B([B])[B])B(B(B([B])[B])B([B])[B])B(B([B])[B])B([B])[B])B(B(B(B([B])[B])B([B])[B])B(B([B])[B])B([B])[B])B(B(B([B])[B])B([B])[B])B(B([B])[B])B([B])[B]. The predicted molar refractivity (Wildman–Crippen MR) is 655 cm³/mol. The highest BCUT2D eigenvalue weighted by Crippen LogP contribution is 2.50. The summed E-state index contributed by atoms with van der Waals surface area (Å²) < 4.78 is 25.7. The van der Waals surface area contributed by atoms with Gasteiger partial charge in [0.25, 0.3) is 0 Å². The molecule has 92 radical (unpaired) electrons. The van der Waals surface area contributed by atoms with E-state index in [0.717, 1.165) is 54.8 Å². The van der Waals surface area contributed by atoms with Crippen molar-refractivity contribution in [2.45, 2.75) is 44.7 Å². The van der Waals surface area contributed by atoms with E-state index in [1.807, 2.05) is 12.1 Å². The van der Waals surface area contributed by atoms with Gasteiger partial charge in [0.05, 0.1) is 19.8 Å². The number of ether oxygens (including phenoxy) is 2. The van der Waals surface area contributed by atoms with Crippen LogP contribution in [0, 0.1) is 5.82 Å². The summed E-state index contributed by atoms with van der Waals surface area (Å²) in [6.07, 6.45) is -75.1. The summed E-state index contributed by atoms with van der Waals surface area (Å²) in [4.78, 5) is 6.29. The smallest absolute Gasteiger partial charge is 0.161 e. The fourth-order valence-corrected chi connectivity index (χ4v) is 22.1. The average Bonchev–Trinajstić information content (AvgIpc) is 1.03. The van der Waals surface area contributed by atoms with E-state index >= 15 is 0 Å². The van der Waals surface area contributed by atoms with Crippen LogP contribution in [0.15, 0.2) is 60.7 Å². The number of para-hydroxylation sites is 1. The molecule has 1 N–H and O–H groups in total. The van der Waals surface area contributed by atoms with Crippen LogP contribution in [-0.4, -0.2) is 667 Å². The molecule has 0 spiro atoms. The number of benzene rings is 3. The van der Waals surface area contributed by atoms with Gasteiger partial charge >= 0.3 is 0 Å². The Labute approximate surface area is 834 Å². The first-order valence-corrected chi connectivity index (χ1v) is 42.3. The number of nitrogens with zero attached hydrogens (tertiary/aromatic N) is 1. The minimum absolute atomic E-state index is 0.0383. The lowest BCUT2D eigenvalue weighted by atomic mass is 8.19. The van der Waals surface area contributed by atoms with Crippen molar-refractivity contribution in [3.05, 3.63) is 94.4 Å². The highest BCUT2D eigenvalue weighted by Gasteiger charge is 2.68. The summed E-state index contributed by atoms with van der Waals surface area (Å²) in [6.45, 7) is 3.80. The van der Waals surface area contributed by atoms with Crippen molar-refractivity contribution in [2.24, 2.45) is 0 Å². The molecule has 0 bridgehead atoms. The third-order valence-corrected chi connectivity index (χ3v) is 26.7. The normalized spacial score (nSPS) is 12.4. The van der Waals surface area contributed by atoms with Gasteiger partial charge in [0.1, 0.15) is 5.82 Å². The quantitative estimate of drug-likeness (QED) is 0.0354. The number of methoxy groups -OCH3 is 1. The molecular formula is C30H31B90FN2O2. The third kappa shape index (κ3) is 29.1. The van der Waals surface area contributed by atoms with E-state index in [1.54, 1.807) is 19.2 Å². The summed E-state index contributed by atoms with van der Waals surface area (Å²) >= 11 is 0. The molecule has 3 heterocycles. The number of H-pyrrole nitrogens is 1. The molecular weight excluding hydrogens is 1410 g/mol. The van der Waals surface area contributed by atoms with E-state index in [2.05, 4.69) is 53.2 Å². The van der Waals surface area contributed by atoms with Crippen LogP contribution in [0.3, 0.4) is 0 Å². The molecule has 95 heteroatoms. The molecule has 1 aromatic heterocycles. The molecule has 2 atom stereocenters. The number of aromatic amines is 1. The molecule has 0 aliphatic carbocycles. The standard InChI is InChI=1S/C30H31FN2O2.B90/c1-3-4-15-35-28-16-20-13-14-33-26(23(20)18-27(28)34-2)17-24-22-7-5-6-8-25(22)32-29(24)30(33)19-9-11-21(31)12-10-19;1-47(2)70(48(3)4)81(69(45)46)87(82(71(49(5)6)50(7)8)72(51(9)10)52(11)12)90(88(83(73(53(13)14)54(15)16)74(55(17)18)56(19)20)84(75(57(21)22)58(23)24)76(59(25)26)60(27)28)89(85(77(61(29)30)62(31)32)78(63(33)34)64(35)36)86(79(65(37)38)66(39)40)80(67(41)42)68(43)44/h5-12,16,18,26,30,32H,3-4,13-15,17H2,1-2H3;. The van der Waals surface area contributed by atoms with Crippen LogP contribution in [0.25, 0.3) is 10.9 Å². The predicted octanol–water partition coefficient (Wildman–Crippen LogP) is -27.5. The van der Waals surface area contributed by atoms with Gasteiger partial charge in [0, 0.05) is 666 Å². The van der Waals surface area contributed by atoms with Crippen molar-refractivity contribution in [2.75, 3.05) is 20.3 Å². The number of nitrogens with one attached hydrogen (secondary N) is 1. The Hall–Kier alpha value is 2.53. The minimum atomic E-state index is -2.14. The van der Waals surface area contributed by atoms with Gasteiger partial charge in [0.15, 0.2) is 11.5 Å². The maximum absolute atomic E-state index is 13.8. The molecule has 0 amide bonds. The highest BCUT2D eigenvalue weighted by atomic mass is 19.1. The Kier molecular flexibility index (Phi) is 50.8. The molecule has 3 aromatic carbocycles. The van der Waals surface area contributed by atoms with Gasteiger partial charge in [-0.2, -0.15) is 0 Å². The zero-order valence-electron chi connectivity index (χ0n) is 72.3. The third-order valence-electron chi connectivity index (χ3n) is 26.7. The van der Waals surface area contributed by atoms with Gasteiger partial charge < -0.3 is 14.5 Å². The monoisotopic (exact) mass is 1460 g/mol.